The van der Waals surface area contributed by atoms with Gasteiger partial charge in [0.1, 0.15) is 0 Å². The van der Waals surface area contributed by atoms with E-state index in [0.717, 1.165) is 24.8 Å². The summed E-state index contributed by atoms with van der Waals surface area (Å²) in [7, 11) is 0. The minimum atomic E-state index is -0.0939. The molecule has 108 valence electrons. The summed E-state index contributed by atoms with van der Waals surface area (Å²) in [5, 5.41) is 12.8. The van der Waals surface area contributed by atoms with Gasteiger partial charge in [-0.05, 0) is 48.4 Å². The van der Waals surface area contributed by atoms with Gasteiger partial charge in [-0.1, -0.05) is 30.2 Å². The summed E-state index contributed by atoms with van der Waals surface area (Å²) in [5.74, 6) is 0.659. The van der Waals surface area contributed by atoms with Gasteiger partial charge >= 0.3 is 0 Å². The molecule has 0 heterocycles. The van der Waals surface area contributed by atoms with Gasteiger partial charge in [-0.25, -0.2) is 0 Å². The number of aliphatic hydroxyl groups is 1. The predicted molar refractivity (Wildman–Crippen MR) is 81.4 cm³/mol. The molecule has 2 atom stereocenters. The Hall–Kier alpha value is -1.32. The number of aliphatic hydroxyl groups excluding tert-OH is 1. The molecule has 2 N–H and O–H groups in total. The summed E-state index contributed by atoms with van der Waals surface area (Å²) in [4.78, 5) is 11.7. The number of halogens is 1. The number of carbonyl (C=O) groups excluding carboxylic acids is 1. The summed E-state index contributed by atoms with van der Waals surface area (Å²) < 4.78 is 0. The molecule has 0 aromatic heterocycles. The van der Waals surface area contributed by atoms with Crippen LogP contribution in [-0.2, 0) is 4.79 Å². The quantitative estimate of drug-likeness (QED) is 0.820. The van der Waals surface area contributed by atoms with Gasteiger partial charge in [-0.3, -0.25) is 4.79 Å². The lowest BCUT2D eigenvalue weighted by Gasteiger charge is -2.17. The molecule has 0 saturated heterocycles. The standard InChI is InChI=1S/C16H20ClNO2/c17-15-7-4-12(5-8-15)6-9-16(20)18-10-13-2-1-3-14(13)11-19/h4-9,13-14,19H,1-3,10-11H2,(H,18,20). The highest BCUT2D eigenvalue weighted by atomic mass is 35.5. The summed E-state index contributed by atoms with van der Waals surface area (Å²) in [6.07, 6.45) is 6.60. The molecule has 1 amide bonds. The molecule has 20 heavy (non-hydrogen) atoms. The van der Waals surface area contributed by atoms with E-state index in [1.165, 1.54) is 6.08 Å². The van der Waals surface area contributed by atoms with Crippen molar-refractivity contribution in [1.82, 2.24) is 5.32 Å². The lowest BCUT2D eigenvalue weighted by molar-refractivity contribution is -0.116. The van der Waals surface area contributed by atoms with Crippen molar-refractivity contribution >= 4 is 23.6 Å². The van der Waals surface area contributed by atoms with Crippen molar-refractivity contribution < 1.29 is 9.90 Å². The van der Waals surface area contributed by atoms with Crippen LogP contribution in [0.15, 0.2) is 30.3 Å². The van der Waals surface area contributed by atoms with Crippen LogP contribution in [0.3, 0.4) is 0 Å². The molecule has 1 aromatic rings. The van der Waals surface area contributed by atoms with Gasteiger partial charge in [0.25, 0.3) is 0 Å². The molecule has 1 saturated carbocycles. The van der Waals surface area contributed by atoms with E-state index in [1.54, 1.807) is 18.2 Å². The average Bonchev–Trinajstić information content (AvgIpc) is 2.92. The Bertz CT molecular complexity index is 470. The van der Waals surface area contributed by atoms with Crippen molar-refractivity contribution in [3.05, 3.63) is 40.9 Å². The number of carbonyl (C=O) groups is 1. The number of amides is 1. The normalized spacial score (nSPS) is 22.3. The van der Waals surface area contributed by atoms with Crippen molar-refractivity contribution in [3.8, 4) is 0 Å². The molecular weight excluding hydrogens is 274 g/mol. The Kier molecular flexibility index (Phi) is 5.62. The van der Waals surface area contributed by atoms with Crippen LogP contribution in [0.2, 0.25) is 5.02 Å². The fourth-order valence-corrected chi connectivity index (χ4v) is 2.79. The highest BCUT2D eigenvalue weighted by Crippen LogP contribution is 2.30. The lowest BCUT2D eigenvalue weighted by atomic mass is 9.97. The zero-order valence-corrected chi connectivity index (χ0v) is 12.1. The van der Waals surface area contributed by atoms with Gasteiger partial charge in [0.05, 0.1) is 0 Å². The van der Waals surface area contributed by atoms with Crippen LogP contribution >= 0.6 is 11.6 Å². The zero-order chi connectivity index (χ0) is 14.4. The van der Waals surface area contributed by atoms with E-state index >= 15 is 0 Å². The van der Waals surface area contributed by atoms with Gasteiger partial charge < -0.3 is 10.4 Å². The van der Waals surface area contributed by atoms with Gasteiger partial charge in [0, 0.05) is 24.3 Å². The number of hydrogen-bond acceptors (Lipinski definition) is 2. The van der Waals surface area contributed by atoms with E-state index in [4.69, 9.17) is 11.6 Å². The van der Waals surface area contributed by atoms with Crippen LogP contribution < -0.4 is 5.32 Å². The van der Waals surface area contributed by atoms with Crippen LogP contribution in [0.1, 0.15) is 24.8 Å². The Morgan fingerprint density at radius 2 is 2.00 bits per heavy atom. The van der Waals surface area contributed by atoms with Crippen molar-refractivity contribution in [2.45, 2.75) is 19.3 Å². The minimum Gasteiger partial charge on any atom is -0.396 e. The van der Waals surface area contributed by atoms with E-state index in [1.807, 2.05) is 12.1 Å². The molecule has 0 bridgehead atoms. The number of rotatable bonds is 5. The van der Waals surface area contributed by atoms with Crippen molar-refractivity contribution in [3.63, 3.8) is 0 Å². The van der Waals surface area contributed by atoms with Gasteiger partial charge in [-0.15, -0.1) is 0 Å². The first-order valence-electron chi connectivity index (χ1n) is 7.01. The Morgan fingerprint density at radius 3 is 2.70 bits per heavy atom. The largest absolute Gasteiger partial charge is 0.396 e. The summed E-state index contributed by atoms with van der Waals surface area (Å²) in [6, 6.07) is 7.32. The zero-order valence-electron chi connectivity index (χ0n) is 11.4. The molecule has 0 aliphatic heterocycles. The highest BCUT2D eigenvalue weighted by molar-refractivity contribution is 6.30. The molecule has 1 aromatic carbocycles. The number of nitrogens with one attached hydrogen (secondary N) is 1. The second-order valence-corrected chi connectivity index (χ2v) is 5.70. The van der Waals surface area contributed by atoms with E-state index in [2.05, 4.69) is 5.32 Å². The third kappa shape index (κ3) is 4.36. The first kappa shape index (κ1) is 15.1. The number of benzene rings is 1. The highest BCUT2D eigenvalue weighted by Gasteiger charge is 2.26. The van der Waals surface area contributed by atoms with Gasteiger partial charge in [0.15, 0.2) is 0 Å². The Labute approximate surface area is 124 Å². The maximum Gasteiger partial charge on any atom is 0.244 e. The summed E-state index contributed by atoms with van der Waals surface area (Å²) in [5.41, 5.74) is 0.943. The molecule has 4 heteroatoms. The molecule has 0 spiro atoms. The minimum absolute atomic E-state index is 0.0939. The molecule has 1 aliphatic rings. The van der Waals surface area contributed by atoms with Crippen molar-refractivity contribution in [1.29, 1.82) is 0 Å². The number of hydrogen-bond donors (Lipinski definition) is 2. The molecule has 2 rings (SSSR count). The molecule has 2 unspecified atom stereocenters. The third-order valence-electron chi connectivity index (χ3n) is 3.89. The maximum absolute atomic E-state index is 11.7. The summed E-state index contributed by atoms with van der Waals surface area (Å²) in [6.45, 7) is 0.871. The van der Waals surface area contributed by atoms with Crippen LogP contribution in [0.25, 0.3) is 6.08 Å². The maximum atomic E-state index is 11.7. The van der Waals surface area contributed by atoms with E-state index < -0.39 is 0 Å². The SMILES string of the molecule is O=C(C=Cc1ccc(Cl)cc1)NCC1CCCC1CO. The van der Waals surface area contributed by atoms with Crippen LogP contribution in [0, 0.1) is 11.8 Å². The average molecular weight is 294 g/mol. The van der Waals surface area contributed by atoms with Crippen molar-refractivity contribution in [2.75, 3.05) is 13.2 Å². The third-order valence-corrected chi connectivity index (χ3v) is 4.14. The van der Waals surface area contributed by atoms with E-state index in [-0.39, 0.29) is 12.5 Å². The lowest BCUT2D eigenvalue weighted by Crippen LogP contribution is -2.30. The Balaban J connectivity index is 1.79. The van der Waals surface area contributed by atoms with Gasteiger partial charge in [0.2, 0.25) is 5.91 Å². The molecular formula is C16H20ClNO2. The Morgan fingerprint density at radius 1 is 1.30 bits per heavy atom. The van der Waals surface area contributed by atoms with Gasteiger partial charge in [-0.2, -0.15) is 0 Å². The van der Waals surface area contributed by atoms with Crippen LogP contribution in [0.4, 0.5) is 0 Å². The fourth-order valence-electron chi connectivity index (χ4n) is 2.66. The molecule has 0 radical (unpaired) electrons. The second kappa shape index (κ2) is 7.46. The van der Waals surface area contributed by atoms with E-state index in [0.29, 0.717) is 23.4 Å². The molecule has 1 fully saturated rings. The first-order valence-corrected chi connectivity index (χ1v) is 7.39. The molecule has 3 nitrogen and oxygen atoms in total. The van der Waals surface area contributed by atoms with Crippen LogP contribution in [0.5, 0.6) is 0 Å². The molecule has 1 aliphatic carbocycles. The smallest absolute Gasteiger partial charge is 0.244 e. The van der Waals surface area contributed by atoms with Crippen molar-refractivity contribution in [2.24, 2.45) is 11.8 Å². The van der Waals surface area contributed by atoms with E-state index in [9.17, 15) is 9.90 Å². The first-order chi connectivity index (χ1) is 9.69. The topological polar surface area (TPSA) is 49.3 Å². The monoisotopic (exact) mass is 293 g/mol. The second-order valence-electron chi connectivity index (χ2n) is 5.26. The van der Waals surface area contributed by atoms with Crippen LogP contribution in [-0.4, -0.2) is 24.2 Å². The summed E-state index contributed by atoms with van der Waals surface area (Å²) >= 11 is 5.80. The predicted octanol–water partition coefficient (Wildman–Crippen LogP) is 2.88. The fraction of sp³-hybridized carbons (Fsp3) is 0.438.